The topological polar surface area (TPSA) is 3.24 Å². The molecule has 0 bridgehead atoms. The minimum atomic E-state index is 0.928. The predicted octanol–water partition coefficient (Wildman–Crippen LogP) is 7.83. The lowest BCUT2D eigenvalue weighted by Crippen LogP contribution is -2.57. The summed E-state index contributed by atoms with van der Waals surface area (Å²) in [6.45, 7) is 5.01. The summed E-state index contributed by atoms with van der Waals surface area (Å²) in [5.74, 6) is 6.32. The second-order valence-electron chi connectivity index (χ2n) is 12.5. The second-order valence-corrected chi connectivity index (χ2v) is 12.5. The van der Waals surface area contributed by atoms with E-state index in [9.17, 15) is 0 Å². The number of fused-ring (bicyclic) bond motifs is 2. The van der Waals surface area contributed by atoms with Crippen LogP contribution >= 0.6 is 0 Å². The van der Waals surface area contributed by atoms with Gasteiger partial charge in [-0.1, -0.05) is 52.4 Å². The summed E-state index contributed by atoms with van der Waals surface area (Å²) in [7, 11) is 0. The zero-order valence-corrected chi connectivity index (χ0v) is 19.7. The summed E-state index contributed by atoms with van der Waals surface area (Å²) < 4.78 is 0. The summed E-state index contributed by atoms with van der Waals surface area (Å²) in [6, 6.07) is 2.81. The van der Waals surface area contributed by atoms with Crippen molar-refractivity contribution in [2.24, 2.45) is 35.5 Å². The van der Waals surface area contributed by atoms with Gasteiger partial charge in [0.15, 0.2) is 0 Å². The van der Waals surface area contributed by atoms with Crippen molar-refractivity contribution < 1.29 is 0 Å². The van der Waals surface area contributed by atoms with E-state index in [1.165, 1.54) is 77.0 Å². The molecule has 29 heavy (non-hydrogen) atoms. The molecule has 0 aliphatic heterocycles. The van der Waals surface area contributed by atoms with E-state index in [2.05, 4.69) is 18.7 Å². The molecule has 0 aromatic carbocycles. The molecule has 5 saturated carbocycles. The minimum absolute atomic E-state index is 0.928. The highest BCUT2D eigenvalue weighted by atomic mass is 15.2. The third kappa shape index (κ3) is 4.47. The van der Waals surface area contributed by atoms with Crippen molar-refractivity contribution in [3.8, 4) is 0 Å². The van der Waals surface area contributed by atoms with E-state index in [1.54, 1.807) is 32.1 Å². The smallest absolute Gasteiger partial charge is 0.0132 e. The molecule has 0 radical (unpaired) electrons. The van der Waals surface area contributed by atoms with Crippen LogP contribution in [0.5, 0.6) is 0 Å². The average molecular weight is 400 g/mol. The largest absolute Gasteiger partial charge is 0.294 e. The van der Waals surface area contributed by atoms with Gasteiger partial charge in [0, 0.05) is 18.1 Å². The number of rotatable bonds is 3. The van der Waals surface area contributed by atoms with Gasteiger partial charge in [-0.2, -0.15) is 0 Å². The third-order valence-electron chi connectivity index (χ3n) is 10.6. The Labute approximate surface area is 181 Å². The van der Waals surface area contributed by atoms with Gasteiger partial charge >= 0.3 is 0 Å². The first-order valence-electron chi connectivity index (χ1n) is 14.0. The molecule has 5 rings (SSSR count). The molecule has 0 aromatic rings. The number of hydrogen-bond acceptors (Lipinski definition) is 1. The maximum atomic E-state index is 3.26. The van der Waals surface area contributed by atoms with Crippen LogP contribution in [0.25, 0.3) is 0 Å². The Morgan fingerprint density at radius 1 is 0.483 bits per heavy atom. The molecule has 0 amide bonds. The van der Waals surface area contributed by atoms with Crippen LogP contribution in [0.1, 0.15) is 123 Å². The molecule has 0 heterocycles. The summed E-state index contributed by atoms with van der Waals surface area (Å²) >= 11 is 0. The SMILES string of the molecule is CC1CCC(N(C2CCC(C)CC2)C2CCCC3CC4CCCCC4CC32)CC1. The lowest BCUT2D eigenvalue weighted by atomic mass is 9.58. The van der Waals surface area contributed by atoms with Gasteiger partial charge in [-0.15, -0.1) is 0 Å². The number of hydrogen-bond donors (Lipinski definition) is 0. The Morgan fingerprint density at radius 2 is 1.00 bits per heavy atom. The highest BCUT2D eigenvalue weighted by Gasteiger charge is 2.47. The second kappa shape index (κ2) is 9.22. The molecule has 0 saturated heterocycles. The van der Waals surface area contributed by atoms with Gasteiger partial charge in [0.25, 0.3) is 0 Å². The first-order valence-corrected chi connectivity index (χ1v) is 14.0. The summed E-state index contributed by atoms with van der Waals surface area (Å²) in [5, 5.41) is 0. The standard InChI is InChI=1S/C28H49N/c1-20-10-14-25(15-11-20)29(26-16-12-21(2)13-17-26)28-9-5-8-24-18-22-6-3-4-7-23(22)19-27(24)28/h20-28H,3-19H2,1-2H3. The van der Waals surface area contributed by atoms with Crippen LogP contribution in [0.15, 0.2) is 0 Å². The van der Waals surface area contributed by atoms with Crippen molar-refractivity contribution in [1.29, 1.82) is 0 Å². The maximum absolute atomic E-state index is 3.26. The maximum Gasteiger partial charge on any atom is 0.0132 e. The molecule has 0 spiro atoms. The van der Waals surface area contributed by atoms with Crippen LogP contribution in [0.2, 0.25) is 0 Å². The normalized spacial score (nSPS) is 48.7. The van der Waals surface area contributed by atoms with Crippen molar-refractivity contribution in [1.82, 2.24) is 4.90 Å². The molecular formula is C28H49N. The molecule has 0 aromatic heterocycles. The van der Waals surface area contributed by atoms with E-state index in [1.807, 2.05) is 0 Å². The van der Waals surface area contributed by atoms with Gasteiger partial charge in [-0.05, 0) is 106 Å². The van der Waals surface area contributed by atoms with Gasteiger partial charge in [0.2, 0.25) is 0 Å². The van der Waals surface area contributed by atoms with Gasteiger partial charge in [-0.25, -0.2) is 0 Å². The van der Waals surface area contributed by atoms with Gasteiger partial charge in [0.05, 0.1) is 0 Å². The van der Waals surface area contributed by atoms with E-state index in [-0.39, 0.29) is 0 Å². The molecule has 5 atom stereocenters. The number of nitrogens with zero attached hydrogens (tertiary/aromatic N) is 1. The Balaban J connectivity index is 1.36. The van der Waals surface area contributed by atoms with E-state index < -0.39 is 0 Å². The lowest BCUT2D eigenvalue weighted by molar-refractivity contribution is -0.0601. The predicted molar refractivity (Wildman–Crippen MR) is 124 cm³/mol. The molecule has 1 heteroatoms. The van der Waals surface area contributed by atoms with Crippen molar-refractivity contribution in [3.05, 3.63) is 0 Å². The van der Waals surface area contributed by atoms with Crippen LogP contribution in [-0.2, 0) is 0 Å². The first-order chi connectivity index (χ1) is 14.2. The monoisotopic (exact) mass is 399 g/mol. The molecule has 166 valence electrons. The molecule has 5 aliphatic carbocycles. The minimum Gasteiger partial charge on any atom is -0.294 e. The Morgan fingerprint density at radius 3 is 1.59 bits per heavy atom. The molecule has 0 N–H and O–H groups in total. The van der Waals surface area contributed by atoms with Crippen LogP contribution in [0, 0.1) is 35.5 Å². The molecule has 5 aliphatic rings. The van der Waals surface area contributed by atoms with E-state index >= 15 is 0 Å². The van der Waals surface area contributed by atoms with Crippen LogP contribution < -0.4 is 0 Å². The van der Waals surface area contributed by atoms with E-state index in [4.69, 9.17) is 0 Å². The molecular weight excluding hydrogens is 350 g/mol. The fraction of sp³-hybridized carbons (Fsp3) is 1.00. The van der Waals surface area contributed by atoms with Gasteiger partial charge < -0.3 is 0 Å². The van der Waals surface area contributed by atoms with Crippen LogP contribution in [0.4, 0.5) is 0 Å². The zero-order chi connectivity index (χ0) is 19.8. The van der Waals surface area contributed by atoms with E-state index in [0.717, 1.165) is 53.6 Å². The van der Waals surface area contributed by atoms with Gasteiger partial charge in [0.1, 0.15) is 0 Å². The lowest BCUT2D eigenvalue weighted by Gasteiger charge is -2.56. The van der Waals surface area contributed by atoms with Crippen molar-refractivity contribution in [3.63, 3.8) is 0 Å². The highest BCUT2D eigenvalue weighted by Crippen LogP contribution is 2.52. The Hall–Kier alpha value is -0.0400. The highest BCUT2D eigenvalue weighted by molar-refractivity contribution is 5.00. The zero-order valence-electron chi connectivity index (χ0n) is 19.7. The first kappa shape index (κ1) is 20.8. The summed E-state index contributed by atoms with van der Waals surface area (Å²) in [5.41, 5.74) is 0. The van der Waals surface area contributed by atoms with Crippen molar-refractivity contribution in [2.75, 3.05) is 0 Å². The Bertz CT molecular complexity index is 490. The Kier molecular flexibility index (Phi) is 6.62. The quantitative estimate of drug-likeness (QED) is 0.467. The van der Waals surface area contributed by atoms with Crippen molar-refractivity contribution in [2.45, 2.75) is 141 Å². The molecule has 5 unspecified atom stereocenters. The van der Waals surface area contributed by atoms with Gasteiger partial charge in [-0.3, -0.25) is 4.90 Å². The van der Waals surface area contributed by atoms with Crippen molar-refractivity contribution >= 4 is 0 Å². The van der Waals surface area contributed by atoms with Crippen LogP contribution in [-0.4, -0.2) is 23.0 Å². The summed E-state index contributed by atoms with van der Waals surface area (Å²) in [6.07, 6.45) is 26.1. The average Bonchev–Trinajstić information content (AvgIpc) is 2.75. The fourth-order valence-electron chi connectivity index (χ4n) is 8.91. The molecule has 1 nitrogen and oxygen atoms in total. The molecule has 5 fully saturated rings. The fourth-order valence-corrected chi connectivity index (χ4v) is 8.91. The van der Waals surface area contributed by atoms with E-state index in [0.29, 0.717) is 0 Å². The summed E-state index contributed by atoms with van der Waals surface area (Å²) in [4.78, 5) is 3.26. The van der Waals surface area contributed by atoms with Crippen LogP contribution in [0.3, 0.4) is 0 Å². The third-order valence-corrected chi connectivity index (χ3v) is 10.6.